The standard InChI is InChI=1S/C22H14N2O8/c23-12-4-1-10(2-5-12)22(29)32-21-19(28)18-16(27)8-13(25)9-17(18)31-20(21)11-3-6-15(26)14(7-11)24-30/h1-9,25-27H,23H2. The van der Waals surface area contributed by atoms with Crippen LogP contribution in [0.25, 0.3) is 22.3 Å². The van der Waals surface area contributed by atoms with Crippen molar-refractivity contribution in [3.63, 3.8) is 0 Å². The molecule has 0 bridgehead atoms. The first-order valence-electron chi connectivity index (χ1n) is 9.05. The number of phenols is 3. The lowest BCUT2D eigenvalue weighted by Gasteiger charge is -2.12. The molecule has 1 aromatic heterocycles. The summed E-state index contributed by atoms with van der Waals surface area (Å²) in [6.45, 7) is 0. The average molecular weight is 434 g/mol. The Morgan fingerprint density at radius 1 is 0.969 bits per heavy atom. The maximum absolute atomic E-state index is 13.2. The summed E-state index contributed by atoms with van der Waals surface area (Å²) in [5.74, 6) is -3.17. The third kappa shape index (κ3) is 3.56. The first-order valence-corrected chi connectivity index (χ1v) is 9.05. The second-order valence-electron chi connectivity index (χ2n) is 6.73. The molecule has 0 radical (unpaired) electrons. The number of ether oxygens (including phenoxy) is 1. The van der Waals surface area contributed by atoms with Gasteiger partial charge in [0.1, 0.15) is 33.9 Å². The molecule has 10 nitrogen and oxygen atoms in total. The molecule has 0 atom stereocenters. The van der Waals surface area contributed by atoms with Crippen LogP contribution in [0.1, 0.15) is 10.4 Å². The number of nitrogens with two attached hydrogens (primary N) is 1. The summed E-state index contributed by atoms with van der Waals surface area (Å²) in [7, 11) is 0. The predicted octanol–water partition coefficient (Wildman–Crippen LogP) is 3.78. The Hall–Kier alpha value is -4.86. The molecule has 160 valence electrons. The number of carbonyl (C=O) groups is 1. The Morgan fingerprint density at radius 2 is 1.69 bits per heavy atom. The summed E-state index contributed by atoms with van der Waals surface area (Å²) in [5, 5.41) is 32.0. The van der Waals surface area contributed by atoms with Gasteiger partial charge in [-0.1, -0.05) is 0 Å². The van der Waals surface area contributed by atoms with E-state index in [0.717, 1.165) is 24.3 Å². The topological polar surface area (TPSA) is 173 Å². The molecular weight excluding hydrogens is 420 g/mol. The molecule has 4 aromatic rings. The number of nitrogen functional groups attached to an aromatic ring is 1. The Balaban J connectivity index is 1.96. The molecule has 0 amide bonds. The number of fused-ring (bicyclic) bond motifs is 1. The lowest BCUT2D eigenvalue weighted by atomic mass is 10.1. The number of benzene rings is 3. The number of hydrogen-bond donors (Lipinski definition) is 4. The highest BCUT2D eigenvalue weighted by Crippen LogP contribution is 2.38. The SMILES string of the molecule is Nc1ccc(C(=O)Oc2c(-c3ccc(O)c(N=O)c3)oc3cc(O)cc(O)c3c2=O)cc1. The lowest BCUT2D eigenvalue weighted by Crippen LogP contribution is -2.16. The lowest BCUT2D eigenvalue weighted by molar-refractivity contribution is 0.0731. The number of anilines is 1. The van der Waals surface area contributed by atoms with Crippen molar-refractivity contribution in [2.45, 2.75) is 0 Å². The Bertz CT molecular complexity index is 1440. The van der Waals surface area contributed by atoms with Gasteiger partial charge in [0.05, 0.1) is 5.56 Å². The van der Waals surface area contributed by atoms with Crippen molar-refractivity contribution >= 4 is 28.3 Å². The highest BCUT2D eigenvalue weighted by Gasteiger charge is 2.24. The van der Waals surface area contributed by atoms with Crippen molar-refractivity contribution in [1.82, 2.24) is 0 Å². The first kappa shape index (κ1) is 20.4. The summed E-state index contributed by atoms with van der Waals surface area (Å²) in [6, 6.07) is 11.3. The zero-order valence-corrected chi connectivity index (χ0v) is 16.1. The molecule has 0 saturated heterocycles. The van der Waals surface area contributed by atoms with E-state index < -0.39 is 28.6 Å². The number of phenolic OH excluding ortho intramolecular Hbond substituents is 3. The number of nitroso groups, excluding NO2 is 1. The normalized spacial score (nSPS) is 10.8. The summed E-state index contributed by atoms with van der Waals surface area (Å²) >= 11 is 0. The summed E-state index contributed by atoms with van der Waals surface area (Å²) < 4.78 is 11.0. The molecule has 5 N–H and O–H groups in total. The fourth-order valence-corrected chi connectivity index (χ4v) is 3.06. The van der Waals surface area contributed by atoms with Crippen LogP contribution in [0.5, 0.6) is 23.0 Å². The van der Waals surface area contributed by atoms with Crippen molar-refractivity contribution < 1.29 is 29.3 Å². The minimum atomic E-state index is -0.913. The number of nitrogens with zero attached hydrogens (tertiary/aromatic N) is 1. The van der Waals surface area contributed by atoms with E-state index >= 15 is 0 Å². The van der Waals surface area contributed by atoms with Gasteiger partial charge in [0.15, 0.2) is 5.76 Å². The van der Waals surface area contributed by atoms with E-state index in [2.05, 4.69) is 5.18 Å². The fourth-order valence-electron chi connectivity index (χ4n) is 3.06. The molecule has 3 aromatic carbocycles. The van der Waals surface area contributed by atoms with E-state index in [1.54, 1.807) is 0 Å². The van der Waals surface area contributed by atoms with Crippen LogP contribution in [0.2, 0.25) is 0 Å². The number of esters is 1. The van der Waals surface area contributed by atoms with Crippen LogP contribution in [0.3, 0.4) is 0 Å². The minimum absolute atomic E-state index is 0.0688. The first-order chi connectivity index (χ1) is 15.3. The molecule has 0 aliphatic rings. The van der Waals surface area contributed by atoms with Crippen molar-refractivity contribution in [3.8, 4) is 34.3 Å². The van der Waals surface area contributed by atoms with Gasteiger partial charge >= 0.3 is 5.97 Å². The molecular formula is C22H14N2O8. The van der Waals surface area contributed by atoms with Crippen LogP contribution in [-0.4, -0.2) is 21.3 Å². The van der Waals surface area contributed by atoms with Gasteiger partial charge in [0.25, 0.3) is 0 Å². The van der Waals surface area contributed by atoms with Crippen LogP contribution in [-0.2, 0) is 0 Å². The van der Waals surface area contributed by atoms with Crippen LogP contribution in [0.4, 0.5) is 11.4 Å². The van der Waals surface area contributed by atoms with E-state index in [1.165, 1.54) is 30.3 Å². The van der Waals surface area contributed by atoms with E-state index in [4.69, 9.17) is 14.9 Å². The van der Waals surface area contributed by atoms with Crippen LogP contribution in [0, 0.1) is 4.91 Å². The van der Waals surface area contributed by atoms with Gasteiger partial charge in [-0.2, -0.15) is 0 Å². The number of hydrogen-bond acceptors (Lipinski definition) is 10. The summed E-state index contributed by atoms with van der Waals surface area (Å²) in [5.41, 5.74) is 4.72. The molecule has 0 unspecified atom stereocenters. The van der Waals surface area contributed by atoms with E-state index in [0.29, 0.717) is 5.69 Å². The second kappa shape index (κ2) is 7.76. The Kier molecular flexibility index (Phi) is 4.95. The molecule has 0 aliphatic heterocycles. The maximum atomic E-state index is 13.2. The maximum Gasteiger partial charge on any atom is 0.343 e. The Morgan fingerprint density at radius 3 is 2.38 bits per heavy atom. The monoisotopic (exact) mass is 434 g/mol. The van der Waals surface area contributed by atoms with Crippen LogP contribution >= 0.6 is 0 Å². The largest absolute Gasteiger partial charge is 0.508 e. The zero-order chi connectivity index (χ0) is 23.0. The smallest absolute Gasteiger partial charge is 0.343 e. The summed E-state index contributed by atoms with van der Waals surface area (Å²) in [6.07, 6.45) is 0. The van der Waals surface area contributed by atoms with Gasteiger partial charge in [0.2, 0.25) is 11.2 Å². The molecule has 32 heavy (non-hydrogen) atoms. The van der Waals surface area contributed by atoms with Gasteiger partial charge in [-0.15, -0.1) is 4.91 Å². The molecule has 0 spiro atoms. The molecule has 10 heteroatoms. The average Bonchev–Trinajstić information content (AvgIpc) is 2.75. The van der Waals surface area contributed by atoms with Gasteiger partial charge in [-0.25, -0.2) is 4.79 Å². The predicted molar refractivity (Wildman–Crippen MR) is 114 cm³/mol. The highest BCUT2D eigenvalue weighted by molar-refractivity contribution is 5.94. The summed E-state index contributed by atoms with van der Waals surface area (Å²) in [4.78, 5) is 36.8. The molecule has 0 fully saturated rings. The van der Waals surface area contributed by atoms with Crippen molar-refractivity contribution in [2.24, 2.45) is 5.18 Å². The fraction of sp³-hybridized carbons (Fsp3) is 0. The van der Waals surface area contributed by atoms with Gasteiger partial charge in [-0.05, 0) is 47.6 Å². The van der Waals surface area contributed by atoms with Crippen molar-refractivity contribution in [1.29, 1.82) is 0 Å². The quantitative estimate of drug-likeness (QED) is 0.212. The van der Waals surface area contributed by atoms with Gasteiger partial charge in [-0.3, -0.25) is 4.79 Å². The highest BCUT2D eigenvalue weighted by atomic mass is 16.5. The van der Waals surface area contributed by atoms with E-state index in [-0.39, 0.29) is 39.3 Å². The Labute approximate surface area is 178 Å². The third-order valence-electron chi connectivity index (χ3n) is 4.59. The molecule has 0 saturated carbocycles. The molecule has 1 heterocycles. The molecule has 0 aliphatic carbocycles. The van der Waals surface area contributed by atoms with E-state index in [1.807, 2.05) is 0 Å². The second-order valence-corrected chi connectivity index (χ2v) is 6.73. The molecule has 4 rings (SSSR count). The van der Waals surface area contributed by atoms with E-state index in [9.17, 15) is 29.8 Å². The van der Waals surface area contributed by atoms with Crippen molar-refractivity contribution in [3.05, 3.63) is 75.3 Å². The zero-order valence-electron chi connectivity index (χ0n) is 16.1. The minimum Gasteiger partial charge on any atom is -0.508 e. The number of aromatic hydroxyl groups is 3. The van der Waals surface area contributed by atoms with Crippen LogP contribution < -0.4 is 15.9 Å². The van der Waals surface area contributed by atoms with Crippen molar-refractivity contribution in [2.75, 3.05) is 5.73 Å². The van der Waals surface area contributed by atoms with Gasteiger partial charge < -0.3 is 30.2 Å². The van der Waals surface area contributed by atoms with Gasteiger partial charge in [0, 0.05) is 23.4 Å². The number of carbonyl (C=O) groups excluding carboxylic acids is 1. The number of rotatable bonds is 4. The third-order valence-corrected chi connectivity index (χ3v) is 4.59. The van der Waals surface area contributed by atoms with Crippen LogP contribution in [0.15, 0.2) is 69.0 Å².